The average Bonchev–Trinajstić information content (AvgIpc) is 2.63. The second kappa shape index (κ2) is 8.16. The van der Waals surface area contributed by atoms with Crippen LogP contribution in [0.3, 0.4) is 0 Å². The predicted octanol–water partition coefficient (Wildman–Crippen LogP) is 2.62. The number of aromatic nitrogens is 2. The number of ether oxygens (including phenoxy) is 2. The minimum Gasteiger partial charge on any atom is -0.493 e. The second-order valence-electron chi connectivity index (χ2n) is 7.24. The smallest absolute Gasteiger partial charge is 0.261 e. The van der Waals surface area contributed by atoms with Crippen LogP contribution >= 0.6 is 11.8 Å². The Morgan fingerprint density at radius 2 is 2.11 bits per heavy atom. The van der Waals surface area contributed by atoms with Crippen LogP contribution in [-0.2, 0) is 10.5 Å². The molecule has 0 unspecified atom stereocenters. The summed E-state index contributed by atoms with van der Waals surface area (Å²) in [6.07, 6.45) is 3.19. The van der Waals surface area contributed by atoms with Crippen molar-refractivity contribution in [3.8, 4) is 5.75 Å². The van der Waals surface area contributed by atoms with Gasteiger partial charge in [0, 0.05) is 30.6 Å². The molecule has 2 aliphatic rings. The number of halogens is 1. The van der Waals surface area contributed by atoms with Gasteiger partial charge in [0.25, 0.3) is 5.56 Å². The number of benzene rings is 1. The van der Waals surface area contributed by atoms with Crippen molar-refractivity contribution < 1.29 is 19.0 Å². The van der Waals surface area contributed by atoms with E-state index in [-0.39, 0.29) is 11.5 Å². The second-order valence-corrected chi connectivity index (χ2v) is 8.53. The van der Waals surface area contributed by atoms with E-state index in [9.17, 15) is 14.3 Å². The third kappa shape index (κ3) is 4.44. The number of hydrogen-bond donors (Lipinski definition) is 2. The summed E-state index contributed by atoms with van der Waals surface area (Å²) < 4.78 is 25.5. The molecule has 2 fully saturated rings. The van der Waals surface area contributed by atoms with Crippen molar-refractivity contribution >= 4 is 22.7 Å². The van der Waals surface area contributed by atoms with Gasteiger partial charge in [-0.05, 0) is 31.6 Å². The van der Waals surface area contributed by atoms with E-state index in [1.54, 1.807) is 17.8 Å². The topological polar surface area (TPSA) is 84.4 Å². The molecule has 1 aliphatic heterocycles. The zero-order valence-corrected chi connectivity index (χ0v) is 15.8. The van der Waals surface area contributed by atoms with Crippen molar-refractivity contribution in [3.05, 3.63) is 34.1 Å². The third-order valence-electron chi connectivity index (χ3n) is 5.14. The van der Waals surface area contributed by atoms with Crippen LogP contribution in [0.1, 0.15) is 31.5 Å². The van der Waals surface area contributed by atoms with Crippen molar-refractivity contribution in [3.63, 3.8) is 0 Å². The van der Waals surface area contributed by atoms with Gasteiger partial charge in [0.05, 0.1) is 24.0 Å². The predicted molar refractivity (Wildman–Crippen MR) is 102 cm³/mol. The summed E-state index contributed by atoms with van der Waals surface area (Å²) in [6, 6.07) is 2.89. The molecule has 0 radical (unpaired) electrons. The number of nitrogens with one attached hydrogen (secondary N) is 1. The first-order valence-electron chi connectivity index (χ1n) is 9.31. The van der Waals surface area contributed by atoms with Crippen molar-refractivity contribution in [1.29, 1.82) is 0 Å². The number of aliphatic hydroxyl groups is 1. The molecule has 2 N–H and O–H groups in total. The fourth-order valence-corrected chi connectivity index (χ4v) is 4.64. The monoisotopic (exact) mass is 394 g/mol. The lowest BCUT2D eigenvalue weighted by Gasteiger charge is -2.30. The molecule has 146 valence electrons. The first-order chi connectivity index (χ1) is 13.1. The number of nitrogens with zero attached hydrogens (tertiary/aromatic N) is 1. The van der Waals surface area contributed by atoms with Gasteiger partial charge in [0.15, 0.2) is 0 Å². The SMILES string of the molecule is O=c1[nH]c(CS[C@H]2C[C@@H](O)C2)nc2cc(OCC3CCOCC3)cc(F)c12. The van der Waals surface area contributed by atoms with Crippen molar-refractivity contribution in [2.24, 2.45) is 5.92 Å². The number of aromatic amines is 1. The van der Waals surface area contributed by atoms with Crippen LogP contribution in [0.5, 0.6) is 5.75 Å². The number of aliphatic hydroxyl groups excluding tert-OH is 1. The van der Waals surface area contributed by atoms with E-state index in [4.69, 9.17) is 9.47 Å². The lowest BCUT2D eigenvalue weighted by Crippen LogP contribution is -2.30. The molecule has 1 aromatic heterocycles. The first kappa shape index (κ1) is 18.7. The van der Waals surface area contributed by atoms with Crippen LogP contribution in [0.15, 0.2) is 16.9 Å². The minimum absolute atomic E-state index is 0.0405. The first-order valence-corrected chi connectivity index (χ1v) is 10.4. The maximum absolute atomic E-state index is 14.4. The van der Waals surface area contributed by atoms with Gasteiger partial charge in [-0.15, -0.1) is 0 Å². The molecule has 2 heterocycles. The molecule has 0 amide bonds. The Labute approximate surface area is 160 Å². The quantitative estimate of drug-likeness (QED) is 0.784. The summed E-state index contributed by atoms with van der Waals surface area (Å²) in [5.74, 6) is 1.21. The third-order valence-corrected chi connectivity index (χ3v) is 6.43. The number of hydrogen-bond acceptors (Lipinski definition) is 6. The van der Waals surface area contributed by atoms with Gasteiger partial charge in [-0.25, -0.2) is 9.37 Å². The summed E-state index contributed by atoms with van der Waals surface area (Å²) in [7, 11) is 0. The average molecular weight is 394 g/mol. The standard InChI is InChI=1S/C19H23FN2O4S/c20-15-7-13(26-9-11-1-3-25-4-2-11)8-16-18(15)19(24)22-17(21-16)10-27-14-5-12(23)6-14/h7-8,11-12,14,23H,1-6,9-10H2,(H,21,22,24)/t12-,14+. The van der Waals surface area contributed by atoms with E-state index in [1.807, 2.05) is 0 Å². The van der Waals surface area contributed by atoms with E-state index in [0.29, 0.717) is 40.6 Å². The summed E-state index contributed by atoms with van der Waals surface area (Å²) in [5.41, 5.74) is -0.164. The van der Waals surface area contributed by atoms with Gasteiger partial charge in [0.2, 0.25) is 0 Å². The molecule has 0 spiro atoms. The fourth-order valence-electron chi connectivity index (χ4n) is 3.40. The summed E-state index contributed by atoms with van der Waals surface area (Å²) in [6.45, 7) is 1.97. The number of H-pyrrole nitrogens is 1. The van der Waals surface area contributed by atoms with Gasteiger partial charge in [-0.3, -0.25) is 4.79 Å². The fraction of sp³-hybridized carbons (Fsp3) is 0.579. The molecule has 2 aromatic rings. The Morgan fingerprint density at radius 3 is 2.85 bits per heavy atom. The number of fused-ring (bicyclic) bond motifs is 1. The van der Waals surface area contributed by atoms with Crippen LogP contribution in [0.4, 0.5) is 4.39 Å². The normalized spacial score (nSPS) is 23.3. The van der Waals surface area contributed by atoms with Gasteiger partial charge < -0.3 is 19.6 Å². The minimum atomic E-state index is -0.621. The molecule has 8 heteroatoms. The maximum Gasteiger partial charge on any atom is 0.261 e. The van der Waals surface area contributed by atoms with Crippen molar-refractivity contribution in [1.82, 2.24) is 9.97 Å². The molecule has 27 heavy (non-hydrogen) atoms. The zero-order chi connectivity index (χ0) is 18.8. The molecular formula is C19H23FN2O4S. The molecule has 1 aliphatic carbocycles. The number of thioether (sulfide) groups is 1. The largest absolute Gasteiger partial charge is 0.493 e. The summed E-state index contributed by atoms with van der Waals surface area (Å²) >= 11 is 1.65. The Bertz CT molecular complexity index is 863. The lowest BCUT2D eigenvalue weighted by molar-refractivity contribution is 0.0497. The molecule has 4 rings (SSSR count). The van der Waals surface area contributed by atoms with Crippen LogP contribution < -0.4 is 10.3 Å². The van der Waals surface area contributed by atoms with Gasteiger partial charge >= 0.3 is 0 Å². The van der Waals surface area contributed by atoms with Crippen LogP contribution in [0.2, 0.25) is 0 Å². The number of rotatable bonds is 6. The summed E-state index contributed by atoms with van der Waals surface area (Å²) in [5, 5.41) is 9.70. The van der Waals surface area contributed by atoms with Gasteiger partial charge in [0.1, 0.15) is 22.8 Å². The van der Waals surface area contributed by atoms with E-state index >= 15 is 0 Å². The van der Waals surface area contributed by atoms with Gasteiger partial charge in [-0.1, -0.05) is 0 Å². The molecule has 0 atom stereocenters. The zero-order valence-electron chi connectivity index (χ0n) is 14.9. The molecule has 0 bridgehead atoms. The van der Waals surface area contributed by atoms with E-state index < -0.39 is 11.4 Å². The van der Waals surface area contributed by atoms with Crippen molar-refractivity contribution in [2.45, 2.75) is 42.8 Å². The molecular weight excluding hydrogens is 371 g/mol. The summed E-state index contributed by atoms with van der Waals surface area (Å²) in [4.78, 5) is 19.4. The molecule has 1 aromatic carbocycles. The highest BCUT2D eigenvalue weighted by molar-refractivity contribution is 7.99. The Hall–Kier alpha value is -1.64. The highest BCUT2D eigenvalue weighted by Gasteiger charge is 2.27. The molecule has 1 saturated carbocycles. The van der Waals surface area contributed by atoms with Crippen molar-refractivity contribution in [2.75, 3.05) is 19.8 Å². The van der Waals surface area contributed by atoms with E-state index in [2.05, 4.69) is 9.97 Å². The van der Waals surface area contributed by atoms with E-state index in [0.717, 1.165) is 38.9 Å². The molecule has 6 nitrogen and oxygen atoms in total. The lowest BCUT2D eigenvalue weighted by atomic mass is 9.96. The van der Waals surface area contributed by atoms with E-state index in [1.165, 1.54) is 6.07 Å². The Kier molecular flexibility index (Phi) is 5.66. The Morgan fingerprint density at radius 1 is 1.33 bits per heavy atom. The highest BCUT2D eigenvalue weighted by Crippen LogP contribution is 2.33. The van der Waals surface area contributed by atoms with Crippen LogP contribution in [0, 0.1) is 11.7 Å². The van der Waals surface area contributed by atoms with Crippen LogP contribution in [0.25, 0.3) is 10.9 Å². The maximum atomic E-state index is 14.4. The van der Waals surface area contributed by atoms with Gasteiger partial charge in [-0.2, -0.15) is 11.8 Å². The molecule has 1 saturated heterocycles. The Balaban J connectivity index is 1.49. The highest BCUT2D eigenvalue weighted by atomic mass is 32.2. The van der Waals surface area contributed by atoms with Crippen LogP contribution in [-0.4, -0.2) is 46.2 Å².